The van der Waals surface area contributed by atoms with Crippen LogP contribution < -0.4 is 16.1 Å². The van der Waals surface area contributed by atoms with Gasteiger partial charge in [0.15, 0.2) is 0 Å². The molecule has 204 valence electrons. The lowest BCUT2D eigenvalue weighted by molar-refractivity contribution is -0.152. The highest BCUT2D eigenvalue weighted by Crippen LogP contribution is 2.46. The fourth-order valence-corrected chi connectivity index (χ4v) is 5.60. The number of hydrogen-bond acceptors (Lipinski definition) is 5. The molecule has 9 heteroatoms. The first-order chi connectivity index (χ1) is 18.2. The summed E-state index contributed by atoms with van der Waals surface area (Å²) in [4.78, 5) is 54.3. The molecule has 1 aliphatic heterocycles. The molecule has 3 atom stereocenters. The number of likely N-dealkylation sites (N-methyl/N-ethyl adjacent to an activating group) is 1. The van der Waals surface area contributed by atoms with Gasteiger partial charge in [0.25, 0.3) is 5.91 Å². The van der Waals surface area contributed by atoms with Crippen molar-refractivity contribution in [3.05, 3.63) is 71.8 Å². The molecule has 2 aromatic carbocycles. The summed E-state index contributed by atoms with van der Waals surface area (Å²) >= 11 is 0. The Morgan fingerprint density at radius 3 is 2.21 bits per heavy atom. The molecule has 0 spiro atoms. The third-order valence-corrected chi connectivity index (χ3v) is 7.30. The van der Waals surface area contributed by atoms with E-state index in [2.05, 4.69) is 10.6 Å². The molecular formula is C29H38N4O5. The van der Waals surface area contributed by atoms with Crippen LogP contribution in [-0.4, -0.2) is 59.9 Å². The maximum absolute atomic E-state index is 14.2. The van der Waals surface area contributed by atoms with Crippen molar-refractivity contribution in [2.45, 2.75) is 45.6 Å². The summed E-state index contributed by atoms with van der Waals surface area (Å²) < 4.78 is 0. The fraction of sp³-hybridized carbons (Fsp3) is 0.448. The molecule has 0 bridgehead atoms. The summed E-state index contributed by atoms with van der Waals surface area (Å²) in [7, 11) is 1.54. The Morgan fingerprint density at radius 1 is 1.00 bits per heavy atom. The maximum atomic E-state index is 14.2. The highest BCUT2D eigenvalue weighted by atomic mass is 16.5. The molecule has 1 aliphatic rings. The summed E-state index contributed by atoms with van der Waals surface area (Å²) in [6.45, 7) is 4.40. The zero-order chi connectivity index (χ0) is 27.7. The van der Waals surface area contributed by atoms with Crippen LogP contribution in [0.3, 0.4) is 0 Å². The van der Waals surface area contributed by atoms with E-state index >= 15 is 0 Å². The van der Waals surface area contributed by atoms with E-state index < -0.39 is 23.3 Å². The molecule has 0 radical (unpaired) electrons. The average molecular weight is 523 g/mol. The monoisotopic (exact) mass is 522 g/mol. The number of rotatable bonds is 12. The van der Waals surface area contributed by atoms with E-state index in [1.807, 2.05) is 50.2 Å². The summed E-state index contributed by atoms with van der Waals surface area (Å²) in [5.74, 6) is -2.34. The number of hydroxylamine groups is 1. The zero-order valence-corrected chi connectivity index (χ0v) is 22.3. The van der Waals surface area contributed by atoms with Gasteiger partial charge in [0.1, 0.15) is 6.04 Å². The van der Waals surface area contributed by atoms with Gasteiger partial charge in [-0.25, -0.2) is 5.48 Å². The van der Waals surface area contributed by atoms with E-state index in [9.17, 15) is 24.4 Å². The van der Waals surface area contributed by atoms with Crippen LogP contribution in [0.15, 0.2) is 60.7 Å². The molecule has 2 aromatic rings. The number of carbonyl (C=O) groups is 4. The standard InChI is InChI=1S/C29H38N4O5/c1-20(2)19-29(23(26(35)32-38)14-16-31-25(34)22-12-8-5-9-13-22)15-17-33(28(29)37)24(27(36)30-3)18-21-10-6-4-7-11-21/h4-13,20,23-24,38H,14-19H2,1-3H3,(H,30,36)(H,31,34)(H,32,35)/t23?,24-,29+/m0/s1. The van der Waals surface area contributed by atoms with Crippen LogP contribution in [-0.2, 0) is 20.8 Å². The van der Waals surface area contributed by atoms with Gasteiger partial charge < -0.3 is 15.5 Å². The minimum absolute atomic E-state index is 0.0689. The summed E-state index contributed by atoms with van der Waals surface area (Å²) in [5, 5.41) is 15.1. The van der Waals surface area contributed by atoms with Crippen LogP contribution in [0.5, 0.6) is 0 Å². The number of nitrogens with one attached hydrogen (secondary N) is 3. The van der Waals surface area contributed by atoms with Crippen LogP contribution in [0.1, 0.15) is 49.0 Å². The van der Waals surface area contributed by atoms with Gasteiger partial charge in [-0.15, -0.1) is 0 Å². The minimum atomic E-state index is -1.12. The molecule has 1 unspecified atom stereocenters. The largest absolute Gasteiger partial charge is 0.357 e. The Hall–Kier alpha value is -3.72. The van der Waals surface area contributed by atoms with Gasteiger partial charge in [0.05, 0.1) is 11.3 Å². The Balaban J connectivity index is 1.87. The molecule has 4 amide bonds. The first kappa shape index (κ1) is 28.8. The van der Waals surface area contributed by atoms with Gasteiger partial charge in [-0.05, 0) is 42.9 Å². The predicted octanol–water partition coefficient (Wildman–Crippen LogP) is 2.55. The lowest BCUT2D eigenvalue weighted by atomic mass is 9.67. The second-order valence-corrected chi connectivity index (χ2v) is 10.3. The van der Waals surface area contributed by atoms with E-state index in [1.165, 1.54) is 0 Å². The maximum Gasteiger partial charge on any atom is 0.251 e. The number of hydrogen-bond donors (Lipinski definition) is 4. The number of benzene rings is 2. The van der Waals surface area contributed by atoms with Crippen molar-refractivity contribution in [3.63, 3.8) is 0 Å². The molecule has 0 aliphatic carbocycles. The quantitative estimate of drug-likeness (QED) is 0.252. The van der Waals surface area contributed by atoms with Crippen molar-refractivity contribution < 1.29 is 24.4 Å². The first-order valence-corrected chi connectivity index (χ1v) is 13.1. The molecule has 3 rings (SSSR count). The minimum Gasteiger partial charge on any atom is -0.357 e. The highest BCUT2D eigenvalue weighted by molar-refractivity contribution is 5.96. The second kappa shape index (κ2) is 13.2. The Labute approximate surface area is 223 Å². The van der Waals surface area contributed by atoms with E-state index in [-0.39, 0.29) is 36.6 Å². The molecule has 0 saturated carbocycles. The van der Waals surface area contributed by atoms with Crippen molar-refractivity contribution in [1.29, 1.82) is 0 Å². The highest BCUT2D eigenvalue weighted by Gasteiger charge is 2.56. The van der Waals surface area contributed by atoms with Gasteiger partial charge in [-0.3, -0.25) is 24.4 Å². The van der Waals surface area contributed by atoms with Crippen LogP contribution in [0.4, 0.5) is 0 Å². The molecule has 9 nitrogen and oxygen atoms in total. The SMILES string of the molecule is CNC(=O)[C@H](Cc1ccccc1)N1CC[C@@](CC(C)C)(C(CCNC(=O)c2ccccc2)C(=O)NO)C1=O. The Bertz CT molecular complexity index is 1110. The van der Waals surface area contributed by atoms with Crippen LogP contribution in [0, 0.1) is 17.3 Å². The van der Waals surface area contributed by atoms with Crippen LogP contribution in [0.2, 0.25) is 0 Å². The Morgan fingerprint density at radius 2 is 1.63 bits per heavy atom. The molecular weight excluding hydrogens is 484 g/mol. The Kier molecular flexibility index (Phi) is 10.0. The van der Waals surface area contributed by atoms with E-state index in [0.717, 1.165) is 5.56 Å². The average Bonchev–Trinajstić information content (AvgIpc) is 3.24. The van der Waals surface area contributed by atoms with Crippen molar-refractivity contribution >= 4 is 23.6 Å². The topological polar surface area (TPSA) is 128 Å². The number of amides is 4. The summed E-state index contributed by atoms with van der Waals surface area (Å²) in [6, 6.07) is 17.5. The smallest absolute Gasteiger partial charge is 0.251 e. The first-order valence-electron chi connectivity index (χ1n) is 13.1. The van der Waals surface area contributed by atoms with Gasteiger partial charge in [0.2, 0.25) is 17.7 Å². The summed E-state index contributed by atoms with van der Waals surface area (Å²) in [6.07, 6.45) is 1.25. The normalized spacial score (nSPS) is 18.7. The van der Waals surface area contributed by atoms with E-state index in [1.54, 1.807) is 41.7 Å². The predicted molar refractivity (Wildman–Crippen MR) is 143 cm³/mol. The number of nitrogens with zero attached hydrogens (tertiary/aromatic N) is 1. The zero-order valence-electron chi connectivity index (χ0n) is 22.3. The molecule has 38 heavy (non-hydrogen) atoms. The van der Waals surface area contributed by atoms with Crippen molar-refractivity contribution in [3.8, 4) is 0 Å². The fourth-order valence-electron chi connectivity index (χ4n) is 5.60. The number of likely N-dealkylation sites (tertiary alicyclic amines) is 1. The van der Waals surface area contributed by atoms with Gasteiger partial charge in [0, 0.05) is 32.1 Å². The molecule has 1 heterocycles. The van der Waals surface area contributed by atoms with Crippen LogP contribution in [0.25, 0.3) is 0 Å². The molecule has 0 aromatic heterocycles. The lowest BCUT2D eigenvalue weighted by Gasteiger charge is -2.37. The second-order valence-electron chi connectivity index (χ2n) is 10.3. The number of carbonyl (C=O) groups excluding carboxylic acids is 4. The third-order valence-electron chi connectivity index (χ3n) is 7.30. The lowest BCUT2D eigenvalue weighted by Crippen LogP contribution is -2.53. The summed E-state index contributed by atoms with van der Waals surface area (Å²) in [5.41, 5.74) is 2.03. The molecule has 1 saturated heterocycles. The molecule has 1 fully saturated rings. The van der Waals surface area contributed by atoms with Gasteiger partial charge in [-0.2, -0.15) is 0 Å². The van der Waals surface area contributed by atoms with Crippen molar-refractivity contribution in [2.24, 2.45) is 17.3 Å². The molecule has 4 N–H and O–H groups in total. The van der Waals surface area contributed by atoms with E-state index in [0.29, 0.717) is 31.4 Å². The van der Waals surface area contributed by atoms with Gasteiger partial charge >= 0.3 is 0 Å². The third kappa shape index (κ3) is 6.58. The van der Waals surface area contributed by atoms with Gasteiger partial charge in [-0.1, -0.05) is 62.4 Å². The van der Waals surface area contributed by atoms with Crippen LogP contribution >= 0.6 is 0 Å². The van der Waals surface area contributed by atoms with Crippen molar-refractivity contribution in [2.75, 3.05) is 20.1 Å². The van der Waals surface area contributed by atoms with Crippen molar-refractivity contribution in [1.82, 2.24) is 21.0 Å². The van der Waals surface area contributed by atoms with E-state index in [4.69, 9.17) is 0 Å².